The number of carboxylic acid groups (broad SMARTS) is 1. The molecule has 0 radical (unpaired) electrons. The van der Waals surface area contributed by atoms with Crippen LogP contribution in [-0.2, 0) is 14.2 Å². The maximum Gasteiger partial charge on any atom is 0.506 e. The Morgan fingerprint density at radius 1 is 1.35 bits per heavy atom. The smallest absolute Gasteiger partial charge is 0.469 e. The number of halogens is 3. The van der Waals surface area contributed by atoms with Crippen LogP contribution in [0, 0.1) is 5.41 Å². The molecule has 0 aliphatic rings. The quantitative estimate of drug-likeness (QED) is 0.330. The van der Waals surface area contributed by atoms with Crippen molar-refractivity contribution in [2.24, 2.45) is 0 Å². The van der Waals surface area contributed by atoms with Gasteiger partial charge in [0, 0.05) is 7.11 Å². The molecule has 9 heteroatoms. The summed E-state index contributed by atoms with van der Waals surface area (Å²) in [4.78, 5) is 10.7. The van der Waals surface area contributed by atoms with Crippen molar-refractivity contribution in [2.75, 3.05) is 7.11 Å². The van der Waals surface area contributed by atoms with E-state index in [-0.39, 0.29) is 0 Å². The third kappa shape index (κ3) is 5.91. The van der Waals surface area contributed by atoms with E-state index >= 15 is 0 Å². The zero-order chi connectivity index (χ0) is 16.1. The molecule has 0 aliphatic heterocycles. The molecule has 2 N–H and O–H groups in total. The highest BCUT2D eigenvalue weighted by Gasteiger charge is 2.43. The average Bonchev–Trinajstić information content (AvgIpc) is 2.25. The summed E-state index contributed by atoms with van der Waals surface area (Å²) in [5.74, 6) is -0.584. The molecule has 0 fully saturated rings. The van der Waals surface area contributed by atoms with E-state index in [4.69, 9.17) is 59.5 Å². The van der Waals surface area contributed by atoms with E-state index in [1.54, 1.807) is 20.8 Å². The van der Waals surface area contributed by atoms with Crippen LogP contribution >= 0.6 is 34.8 Å². The van der Waals surface area contributed by atoms with Gasteiger partial charge in [-0.2, -0.15) is 0 Å². The van der Waals surface area contributed by atoms with E-state index in [1.807, 2.05) is 0 Å². The molecule has 0 aromatic heterocycles. The van der Waals surface area contributed by atoms with Crippen LogP contribution in [0.25, 0.3) is 0 Å². The molecule has 0 saturated carbocycles. The minimum atomic E-state index is -2.01. The van der Waals surface area contributed by atoms with Crippen LogP contribution < -0.4 is 0 Å². The van der Waals surface area contributed by atoms with Crippen molar-refractivity contribution in [3.05, 3.63) is 0 Å². The first-order valence-corrected chi connectivity index (χ1v) is 6.86. The summed E-state index contributed by atoms with van der Waals surface area (Å²) in [5.41, 5.74) is -1.13. The topological polar surface area (TPSA) is 88.8 Å². The second-order valence-electron chi connectivity index (χ2n) is 4.52. The highest BCUT2D eigenvalue weighted by Crippen LogP contribution is 2.32. The monoisotopic (exact) mass is 349 g/mol. The van der Waals surface area contributed by atoms with Crippen LogP contribution in [0.4, 0.5) is 4.79 Å². The zero-order valence-corrected chi connectivity index (χ0v) is 13.8. The summed E-state index contributed by atoms with van der Waals surface area (Å²) in [6.45, 7) is 4.90. The molecule has 0 bridgehead atoms. The highest BCUT2D eigenvalue weighted by atomic mass is 35.6. The Labute approximate surface area is 132 Å². The summed E-state index contributed by atoms with van der Waals surface area (Å²) in [6, 6.07) is 0. The lowest BCUT2D eigenvalue weighted by atomic mass is 9.94. The van der Waals surface area contributed by atoms with Crippen molar-refractivity contribution in [3.63, 3.8) is 0 Å². The fraction of sp³-hybridized carbons (Fsp3) is 0.818. The molecule has 0 aliphatic carbocycles. The van der Waals surface area contributed by atoms with E-state index in [2.05, 4.69) is 0 Å². The predicted octanol–water partition coefficient (Wildman–Crippen LogP) is 3.62. The summed E-state index contributed by atoms with van der Waals surface area (Å²) in [7, 11) is 1.38. The van der Waals surface area contributed by atoms with Crippen LogP contribution in [-0.4, -0.2) is 45.9 Å². The molecule has 0 amide bonds. The Bertz CT molecular complexity index is 356. The van der Waals surface area contributed by atoms with Gasteiger partial charge < -0.3 is 19.3 Å². The van der Waals surface area contributed by atoms with Crippen LogP contribution in [0.2, 0.25) is 0 Å². The molecular formula is C11H18Cl3NO5. The Balaban J connectivity index is 5.09. The molecule has 20 heavy (non-hydrogen) atoms. The zero-order valence-electron chi connectivity index (χ0n) is 11.6. The highest BCUT2D eigenvalue weighted by molar-refractivity contribution is 6.76. The second-order valence-corrected chi connectivity index (χ2v) is 6.80. The van der Waals surface area contributed by atoms with Gasteiger partial charge in [-0.25, -0.2) is 4.79 Å². The van der Waals surface area contributed by atoms with Crippen LogP contribution in [0.5, 0.6) is 0 Å². The van der Waals surface area contributed by atoms with E-state index < -0.39 is 33.7 Å². The predicted molar refractivity (Wildman–Crippen MR) is 77.2 cm³/mol. The number of hydrogen-bond acceptors (Lipinski definition) is 5. The number of methoxy groups -OCH3 is 1. The first kappa shape index (κ1) is 19.6. The van der Waals surface area contributed by atoms with Gasteiger partial charge in [0.15, 0.2) is 0 Å². The van der Waals surface area contributed by atoms with Gasteiger partial charge in [0.25, 0.3) is 3.79 Å². The van der Waals surface area contributed by atoms with Crippen molar-refractivity contribution in [3.8, 4) is 0 Å². The Kier molecular flexibility index (Phi) is 7.38. The largest absolute Gasteiger partial charge is 0.506 e. The molecular weight excluding hydrogens is 332 g/mol. The van der Waals surface area contributed by atoms with Crippen molar-refractivity contribution in [1.82, 2.24) is 0 Å². The van der Waals surface area contributed by atoms with Gasteiger partial charge in [-0.05, 0) is 20.3 Å². The van der Waals surface area contributed by atoms with E-state index in [0.717, 1.165) is 0 Å². The Morgan fingerprint density at radius 3 is 2.15 bits per heavy atom. The minimum absolute atomic E-state index is 0.360. The summed E-state index contributed by atoms with van der Waals surface area (Å²) >= 11 is 16.7. The lowest BCUT2D eigenvalue weighted by molar-refractivity contribution is -0.125. The van der Waals surface area contributed by atoms with Crippen molar-refractivity contribution >= 4 is 46.9 Å². The molecule has 118 valence electrons. The first-order valence-electron chi connectivity index (χ1n) is 5.72. The van der Waals surface area contributed by atoms with Gasteiger partial charge >= 0.3 is 6.16 Å². The molecule has 6 nitrogen and oxygen atoms in total. The standard InChI is InChI=1S/C11H18Cl3NO5/c1-5-6(19-9(16)17)7(18-4)10(2,3)20-8(15)11(12,13)14/h6-7,15H,5H2,1-4H3,(H,16,17)/t6-,7+/m0/s1. The van der Waals surface area contributed by atoms with E-state index in [1.165, 1.54) is 7.11 Å². The van der Waals surface area contributed by atoms with Gasteiger partial charge in [-0.15, -0.1) is 0 Å². The summed E-state index contributed by atoms with van der Waals surface area (Å²) < 4.78 is 13.3. The number of alkyl halides is 3. The van der Waals surface area contributed by atoms with E-state index in [0.29, 0.717) is 6.42 Å². The fourth-order valence-corrected chi connectivity index (χ4v) is 1.87. The van der Waals surface area contributed by atoms with E-state index in [9.17, 15) is 4.79 Å². The normalized spacial score (nSPS) is 15.3. The van der Waals surface area contributed by atoms with Crippen molar-refractivity contribution in [1.29, 1.82) is 5.41 Å². The van der Waals surface area contributed by atoms with Gasteiger partial charge in [-0.3, -0.25) is 5.41 Å². The minimum Gasteiger partial charge on any atom is -0.469 e. The fourth-order valence-electron chi connectivity index (χ4n) is 1.75. The number of hydrogen-bond donors (Lipinski definition) is 2. The molecule has 0 spiro atoms. The van der Waals surface area contributed by atoms with Gasteiger partial charge in [-0.1, -0.05) is 41.7 Å². The number of nitrogens with one attached hydrogen (secondary N) is 1. The third-order valence-electron chi connectivity index (χ3n) is 2.55. The van der Waals surface area contributed by atoms with Crippen LogP contribution in [0.3, 0.4) is 0 Å². The van der Waals surface area contributed by atoms with Gasteiger partial charge in [0.05, 0.1) is 0 Å². The molecule has 0 saturated heterocycles. The maximum absolute atomic E-state index is 10.7. The summed E-state index contributed by atoms with van der Waals surface area (Å²) in [5, 5.41) is 16.3. The SMILES string of the molecule is CC[C@H](OC(=O)O)[C@@H](OC)C(C)(C)OC(=N)C(Cl)(Cl)Cl. The van der Waals surface area contributed by atoms with Crippen LogP contribution in [0.1, 0.15) is 27.2 Å². The maximum atomic E-state index is 10.7. The summed E-state index contributed by atoms with van der Waals surface area (Å²) in [6.07, 6.45) is -2.63. The third-order valence-corrected chi connectivity index (χ3v) is 3.07. The molecule has 0 aromatic carbocycles. The lowest BCUT2D eigenvalue weighted by Gasteiger charge is -2.38. The Hall–Kier alpha value is -0.430. The first-order chi connectivity index (χ1) is 8.95. The lowest BCUT2D eigenvalue weighted by Crippen LogP contribution is -2.51. The molecule has 0 aromatic rings. The molecule has 0 rings (SSSR count). The average molecular weight is 351 g/mol. The molecule has 0 heterocycles. The van der Waals surface area contributed by atoms with Crippen molar-refractivity contribution < 1.29 is 24.1 Å². The second kappa shape index (κ2) is 7.54. The number of carbonyl (C=O) groups is 1. The van der Waals surface area contributed by atoms with Gasteiger partial charge in [0.1, 0.15) is 17.8 Å². The molecule has 2 atom stereocenters. The Morgan fingerprint density at radius 2 is 1.85 bits per heavy atom. The number of ether oxygens (including phenoxy) is 3. The molecule has 0 unspecified atom stereocenters. The number of rotatable bonds is 6. The van der Waals surface area contributed by atoms with Crippen LogP contribution in [0.15, 0.2) is 0 Å². The van der Waals surface area contributed by atoms with Crippen molar-refractivity contribution in [2.45, 2.75) is 48.8 Å². The van der Waals surface area contributed by atoms with Gasteiger partial charge in [0.2, 0.25) is 5.90 Å².